The molecule has 3 N–H and O–H groups in total. The Hall–Kier alpha value is -1.07. The molecule has 0 aliphatic carbocycles. The molecule has 1 aromatic rings. The first-order valence-corrected chi connectivity index (χ1v) is 4.88. The maximum absolute atomic E-state index is 5.75. The minimum absolute atomic E-state index is 0.151. The predicted molar refractivity (Wildman–Crippen MR) is 61.0 cm³/mol. The summed E-state index contributed by atoms with van der Waals surface area (Å²) >= 11 is 5.75. The highest BCUT2D eigenvalue weighted by Gasteiger charge is 2.18. The van der Waals surface area contributed by atoms with Crippen molar-refractivity contribution in [3.05, 3.63) is 11.2 Å². The van der Waals surface area contributed by atoms with E-state index in [-0.39, 0.29) is 11.5 Å². The van der Waals surface area contributed by atoms with E-state index in [4.69, 9.17) is 22.1 Å². The number of ether oxygens (including phenoxy) is 1. The molecule has 0 saturated heterocycles. The SMILES string of the molecule is COCC(C)(C)Nc1cc(Cl)nc(N)n1. The normalized spacial score (nSPS) is 11.5. The van der Waals surface area contributed by atoms with Crippen molar-refractivity contribution in [1.82, 2.24) is 9.97 Å². The Kier molecular flexibility index (Phi) is 3.71. The Labute approximate surface area is 94.0 Å². The van der Waals surface area contributed by atoms with Gasteiger partial charge in [0, 0.05) is 13.2 Å². The Bertz CT molecular complexity index is 323. The van der Waals surface area contributed by atoms with E-state index in [0.717, 1.165) is 0 Å². The van der Waals surface area contributed by atoms with E-state index in [2.05, 4.69) is 15.3 Å². The van der Waals surface area contributed by atoms with Crippen molar-refractivity contribution in [3.63, 3.8) is 0 Å². The molecule has 1 heterocycles. The van der Waals surface area contributed by atoms with Gasteiger partial charge in [0.1, 0.15) is 11.0 Å². The van der Waals surface area contributed by atoms with Crippen molar-refractivity contribution in [2.75, 3.05) is 24.8 Å². The molecule has 5 nitrogen and oxygen atoms in total. The molecule has 1 rings (SSSR count). The Morgan fingerprint density at radius 3 is 2.73 bits per heavy atom. The molecule has 6 heteroatoms. The molecule has 0 bridgehead atoms. The molecule has 0 atom stereocenters. The van der Waals surface area contributed by atoms with E-state index in [0.29, 0.717) is 17.6 Å². The van der Waals surface area contributed by atoms with Crippen LogP contribution in [0.15, 0.2) is 6.07 Å². The van der Waals surface area contributed by atoms with Gasteiger partial charge in [-0.25, -0.2) is 4.98 Å². The summed E-state index contributed by atoms with van der Waals surface area (Å²) in [5, 5.41) is 3.48. The van der Waals surface area contributed by atoms with Crippen LogP contribution in [0, 0.1) is 0 Å². The first-order chi connectivity index (χ1) is 6.93. The minimum atomic E-state index is -0.237. The van der Waals surface area contributed by atoms with Gasteiger partial charge < -0.3 is 15.8 Å². The molecule has 0 unspecified atom stereocenters. The number of nitrogens with two attached hydrogens (primary N) is 1. The highest BCUT2D eigenvalue weighted by atomic mass is 35.5. The number of methoxy groups -OCH3 is 1. The highest BCUT2D eigenvalue weighted by molar-refractivity contribution is 6.29. The zero-order chi connectivity index (χ0) is 11.5. The Morgan fingerprint density at radius 2 is 2.20 bits per heavy atom. The first kappa shape index (κ1) is 12.0. The van der Waals surface area contributed by atoms with Gasteiger partial charge in [0.2, 0.25) is 5.95 Å². The van der Waals surface area contributed by atoms with Crippen LogP contribution in [0.25, 0.3) is 0 Å². The molecule has 0 amide bonds. The topological polar surface area (TPSA) is 73.1 Å². The van der Waals surface area contributed by atoms with Crippen LogP contribution in [0.3, 0.4) is 0 Å². The predicted octanol–water partition coefficient (Wildman–Crippen LogP) is 1.55. The van der Waals surface area contributed by atoms with Gasteiger partial charge in [-0.3, -0.25) is 0 Å². The summed E-state index contributed by atoms with van der Waals surface area (Å²) in [7, 11) is 1.64. The number of anilines is 2. The number of nitrogen functional groups attached to an aromatic ring is 1. The largest absolute Gasteiger partial charge is 0.382 e. The maximum atomic E-state index is 5.75. The number of nitrogens with zero attached hydrogens (tertiary/aromatic N) is 2. The second-order valence-corrected chi connectivity index (χ2v) is 4.26. The number of halogens is 1. The molecule has 0 aromatic carbocycles. The van der Waals surface area contributed by atoms with Crippen molar-refractivity contribution < 1.29 is 4.74 Å². The molecule has 0 aliphatic rings. The van der Waals surface area contributed by atoms with E-state index in [9.17, 15) is 0 Å². The number of hydrogen-bond acceptors (Lipinski definition) is 5. The summed E-state index contributed by atoms with van der Waals surface area (Å²) in [6, 6.07) is 1.62. The lowest BCUT2D eigenvalue weighted by molar-refractivity contribution is 0.158. The van der Waals surface area contributed by atoms with Crippen LogP contribution >= 0.6 is 11.6 Å². The summed E-state index contributed by atoms with van der Waals surface area (Å²) in [4.78, 5) is 7.79. The van der Waals surface area contributed by atoms with Crippen molar-refractivity contribution in [2.24, 2.45) is 0 Å². The van der Waals surface area contributed by atoms with E-state index < -0.39 is 0 Å². The number of rotatable bonds is 4. The van der Waals surface area contributed by atoms with Crippen LogP contribution in [0.5, 0.6) is 0 Å². The van der Waals surface area contributed by atoms with Gasteiger partial charge in [0.15, 0.2) is 0 Å². The lowest BCUT2D eigenvalue weighted by atomic mass is 10.1. The summed E-state index contributed by atoms with van der Waals surface area (Å²) in [5.74, 6) is 0.743. The molecule has 84 valence electrons. The first-order valence-electron chi connectivity index (χ1n) is 4.50. The van der Waals surface area contributed by atoms with E-state index >= 15 is 0 Å². The third-order valence-corrected chi connectivity index (χ3v) is 1.88. The fourth-order valence-corrected chi connectivity index (χ4v) is 1.43. The smallest absolute Gasteiger partial charge is 0.223 e. The number of hydrogen-bond donors (Lipinski definition) is 2. The summed E-state index contributed by atoms with van der Waals surface area (Å²) < 4.78 is 5.07. The van der Waals surface area contributed by atoms with Crippen LogP contribution in [-0.4, -0.2) is 29.2 Å². The fourth-order valence-electron chi connectivity index (χ4n) is 1.24. The number of nitrogens with one attached hydrogen (secondary N) is 1. The van der Waals surface area contributed by atoms with Crippen molar-refractivity contribution in [2.45, 2.75) is 19.4 Å². The maximum Gasteiger partial charge on any atom is 0.223 e. The van der Waals surface area contributed by atoms with Crippen molar-refractivity contribution in [3.8, 4) is 0 Å². The summed E-state index contributed by atoms with van der Waals surface area (Å²) in [6.45, 7) is 4.53. The van der Waals surface area contributed by atoms with Crippen LogP contribution in [0.1, 0.15) is 13.8 Å². The molecular formula is C9H15ClN4O. The molecule has 1 aromatic heterocycles. The zero-order valence-corrected chi connectivity index (χ0v) is 9.80. The second kappa shape index (κ2) is 4.63. The number of aromatic nitrogens is 2. The quantitative estimate of drug-likeness (QED) is 0.768. The average molecular weight is 231 g/mol. The van der Waals surface area contributed by atoms with Crippen molar-refractivity contribution >= 4 is 23.4 Å². The third-order valence-electron chi connectivity index (χ3n) is 1.68. The zero-order valence-electron chi connectivity index (χ0n) is 9.04. The van der Waals surface area contributed by atoms with Crippen LogP contribution in [0.2, 0.25) is 5.15 Å². The van der Waals surface area contributed by atoms with Gasteiger partial charge in [-0.15, -0.1) is 0 Å². The molecule has 0 saturated carbocycles. The van der Waals surface area contributed by atoms with E-state index in [1.165, 1.54) is 0 Å². The van der Waals surface area contributed by atoms with Crippen LogP contribution in [0.4, 0.5) is 11.8 Å². The highest BCUT2D eigenvalue weighted by Crippen LogP contribution is 2.17. The molecular weight excluding hydrogens is 216 g/mol. The lowest BCUT2D eigenvalue weighted by Gasteiger charge is -2.25. The molecule has 0 aliphatic heterocycles. The average Bonchev–Trinajstić information content (AvgIpc) is 1.99. The van der Waals surface area contributed by atoms with Crippen LogP contribution in [-0.2, 0) is 4.74 Å². The van der Waals surface area contributed by atoms with E-state index in [1.807, 2.05) is 13.8 Å². The molecule has 0 spiro atoms. The lowest BCUT2D eigenvalue weighted by Crippen LogP contribution is -2.36. The summed E-state index contributed by atoms with van der Waals surface area (Å²) in [5.41, 5.74) is 5.24. The fraction of sp³-hybridized carbons (Fsp3) is 0.556. The van der Waals surface area contributed by atoms with Gasteiger partial charge in [0.05, 0.1) is 12.1 Å². The second-order valence-electron chi connectivity index (χ2n) is 3.88. The Balaban J connectivity index is 2.80. The Morgan fingerprint density at radius 1 is 1.53 bits per heavy atom. The van der Waals surface area contributed by atoms with E-state index in [1.54, 1.807) is 13.2 Å². The summed E-state index contributed by atoms with van der Waals surface area (Å²) in [6.07, 6.45) is 0. The van der Waals surface area contributed by atoms with Gasteiger partial charge in [-0.1, -0.05) is 11.6 Å². The van der Waals surface area contributed by atoms with Gasteiger partial charge in [0.25, 0.3) is 0 Å². The molecule has 0 radical (unpaired) electrons. The minimum Gasteiger partial charge on any atom is -0.382 e. The van der Waals surface area contributed by atoms with Gasteiger partial charge >= 0.3 is 0 Å². The van der Waals surface area contributed by atoms with Gasteiger partial charge in [-0.05, 0) is 13.8 Å². The molecule has 0 fully saturated rings. The van der Waals surface area contributed by atoms with Gasteiger partial charge in [-0.2, -0.15) is 4.98 Å². The standard InChI is InChI=1S/C9H15ClN4O/c1-9(2,5-15-3)14-7-4-6(10)12-8(11)13-7/h4H,5H2,1-3H3,(H3,11,12,13,14). The monoisotopic (exact) mass is 230 g/mol. The molecule has 15 heavy (non-hydrogen) atoms. The van der Waals surface area contributed by atoms with Crippen LogP contribution < -0.4 is 11.1 Å². The third kappa shape index (κ3) is 3.89. The van der Waals surface area contributed by atoms with Crippen molar-refractivity contribution in [1.29, 1.82) is 0 Å².